The van der Waals surface area contributed by atoms with Gasteiger partial charge in [-0.05, 0) is 69.3 Å². The normalized spacial score (nSPS) is 10.7. The van der Waals surface area contributed by atoms with E-state index in [9.17, 15) is 4.79 Å². The predicted octanol–water partition coefficient (Wildman–Crippen LogP) is 5.88. The Labute approximate surface area is 163 Å². The summed E-state index contributed by atoms with van der Waals surface area (Å²) in [5.41, 5.74) is 2.87. The van der Waals surface area contributed by atoms with Crippen molar-refractivity contribution in [1.82, 2.24) is 0 Å². The topological polar surface area (TPSA) is 26.3 Å². The maximum absolute atomic E-state index is 11.7. The van der Waals surface area contributed by atoms with Gasteiger partial charge in [-0.2, -0.15) is 0 Å². The number of benzene rings is 3. The highest BCUT2D eigenvalue weighted by Gasteiger charge is 2.28. The Kier molecular flexibility index (Phi) is 5.82. The van der Waals surface area contributed by atoms with Crippen molar-refractivity contribution in [2.45, 2.75) is 35.5 Å². The lowest BCUT2D eigenvalue weighted by atomic mass is 10.2. The SMILES string of the molecule is C=C(C)C(=O)Oc1ccc([S+](c2ccc(C)cc2)c2ccc(C)cc2)cc1. The minimum absolute atomic E-state index is 0.219. The lowest BCUT2D eigenvalue weighted by molar-refractivity contribution is -0.130. The Bertz CT molecular complexity index is 894. The summed E-state index contributed by atoms with van der Waals surface area (Å²) in [6.45, 7) is 9.45. The summed E-state index contributed by atoms with van der Waals surface area (Å²) in [4.78, 5) is 15.4. The molecular weight excluding hydrogens is 352 g/mol. The van der Waals surface area contributed by atoms with Crippen LogP contribution in [0.4, 0.5) is 0 Å². The molecule has 0 aromatic heterocycles. The molecule has 2 nitrogen and oxygen atoms in total. The Hall–Kier alpha value is -2.78. The molecule has 3 aromatic rings. The third-order valence-electron chi connectivity index (χ3n) is 4.13. The maximum Gasteiger partial charge on any atom is 0.338 e. The van der Waals surface area contributed by atoms with Crippen molar-refractivity contribution in [3.63, 3.8) is 0 Å². The van der Waals surface area contributed by atoms with Crippen LogP contribution in [-0.2, 0) is 15.7 Å². The molecule has 0 aliphatic rings. The summed E-state index contributed by atoms with van der Waals surface area (Å²) in [6, 6.07) is 25.1. The van der Waals surface area contributed by atoms with Crippen LogP contribution in [0.15, 0.2) is 99.6 Å². The van der Waals surface area contributed by atoms with Gasteiger partial charge in [-0.15, -0.1) is 0 Å². The molecule has 3 heteroatoms. The first-order valence-electron chi connectivity index (χ1n) is 8.79. The molecular formula is C24H23O2S+. The first kappa shape index (κ1) is 19.0. The molecule has 0 unspecified atom stereocenters. The van der Waals surface area contributed by atoms with Gasteiger partial charge in [0.05, 0.1) is 10.9 Å². The third kappa shape index (κ3) is 4.69. The van der Waals surface area contributed by atoms with E-state index >= 15 is 0 Å². The predicted molar refractivity (Wildman–Crippen MR) is 111 cm³/mol. The second kappa shape index (κ2) is 8.28. The largest absolute Gasteiger partial charge is 0.423 e. The summed E-state index contributed by atoms with van der Waals surface area (Å²) >= 11 is 0. The fourth-order valence-electron chi connectivity index (χ4n) is 2.59. The van der Waals surface area contributed by atoms with Gasteiger partial charge in [0, 0.05) is 5.57 Å². The number of rotatable bonds is 5. The first-order valence-corrected chi connectivity index (χ1v) is 10.0. The Balaban J connectivity index is 1.97. The van der Waals surface area contributed by atoms with Gasteiger partial charge in [-0.1, -0.05) is 42.0 Å². The minimum Gasteiger partial charge on any atom is -0.423 e. The van der Waals surface area contributed by atoms with Gasteiger partial charge < -0.3 is 4.74 Å². The molecule has 0 aliphatic heterocycles. The number of esters is 1. The number of aryl methyl sites for hydroxylation is 2. The summed E-state index contributed by atoms with van der Waals surface area (Å²) in [5.74, 6) is 0.127. The molecule has 0 radical (unpaired) electrons. The second-order valence-corrected chi connectivity index (χ2v) is 8.60. The average molecular weight is 376 g/mol. The van der Waals surface area contributed by atoms with Crippen LogP contribution in [0.2, 0.25) is 0 Å². The van der Waals surface area contributed by atoms with Gasteiger partial charge >= 0.3 is 5.97 Å². The van der Waals surface area contributed by atoms with Crippen molar-refractivity contribution < 1.29 is 9.53 Å². The van der Waals surface area contributed by atoms with Crippen LogP contribution in [0.3, 0.4) is 0 Å². The van der Waals surface area contributed by atoms with E-state index in [1.165, 1.54) is 25.8 Å². The highest BCUT2D eigenvalue weighted by atomic mass is 32.2. The molecule has 0 aliphatic carbocycles. The van der Waals surface area contributed by atoms with E-state index in [1.807, 2.05) is 24.3 Å². The summed E-state index contributed by atoms with van der Waals surface area (Å²) in [7, 11) is -0.219. The molecule has 0 saturated carbocycles. The van der Waals surface area contributed by atoms with Crippen molar-refractivity contribution in [2.75, 3.05) is 0 Å². The van der Waals surface area contributed by atoms with E-state index in [1.54, 1.807) is 6.92 Å². The van der Waals surface area contributed by atoms with E-state index in [2.05, 4.69) is 69.0 Å². The molecule has 0 fully saturated rings. The van der Waals surface area contributed by atoms with Crippen molar-refractivity contribution in [1.29, 1.82) is 0 Å². The zero-order valence-corrected chi connectivity index (χ0v) is 16.7. The standard InChI is InChI=1S/C24H23O2S/c1-17(2)24(25)26-20-9-15-23(16-10-20)27(21-11-5-18(3)6-12-21)22-13-7-19(4)8-14-22/h5-16H,1H2,2-4H3/q+1. The number of ether oxygens (including phenoxy) is 1. The molecule has 27 heavy (non-hydrogen) atoms. The van der Waals surface area contributed by atoms with Gasteiger partial charge in [-0.3, -0.25) is 0 Å². The van der Waals surface area contributed by atoms with E-state index in [4.69, 9.17) is 4.74 Å². The fraction of sp³-hybridized carbons (Fsp3) is 0.125. The summed E-state index contributed by atoms with van der Waals surface area (Å²) < 4.78 is 5.32. The van der Waals surface area contributed by atoms with Crippen LogP contribution >= 0.6 is 0 Å². The average Bonchev–Trinajstić information content (AvgIpc) is 2.66. The van der Waals surface area contributed by atoms with Crippen molar-refractivity contribution in [3.05, 3.63) is 96.1 Å². The molecule has 3 rings (SSSR count). The van der Waals surface area contributed by atoms with Crippen molar-refractivity contribution in [3.8, 4) is 5.75 Å². The number of hydrogen-bond donors (Lipinski definition) is 0. The molecule has 0 heterocycles. The molecule has 0 spiro atoms. The first-order chi connectivity index (χ1) is 12.9. The summed E-state index contributed by atoms with van der Waals surface area (Å²) in [5, 5.41) is 0. The van der Waals surface area contributed by atoms with E-state index in [0.717, 1.165) is 0 Å². The van der Waals surface area contributed by atoms with Crippen LogP contribution in [0.5, 0.6) is 5.75 Å². The van der Waals surface area contributed by atoms with Gasteiger partial charge in [0.15, 0.2) is 14.7 Å². The highest BCUT2D eigenvalue weighted by Crippen LogP contribution is 2.32. The molecule has 0 atom stereocenters. The zero-order valence-electron chi connectivity index (χ0n) is 15.9. The molecule has 3 aromatic carbocycles. The molecule has 0 saturated heterocycles. The fourth-order valence-corrected chi connectivity index (χ4v) is 4.64. The quantitative estimate of drug-likeness (QED) is 0.241. The van der Waals surface area contributed by atoms with Gasteiger partial charge in [0.2, 0.25) is 0 Å². The third-order valence-corrected chi connectivity index (χ3v) is 6.36. The smallest absolute Gasteiger partial charge is 0.338 e. The van der Waals surface area contributed by atoms with Crippen LogP contribution in [-0.4, -0.2) is 5.97 Å². The number of hydrogen-bond acceptors (Lipinski definition) is 2. The Morgan fingerprint density at radius 1 is 0.741 bits per heavy atom. The van der Waals surface area contributed by atoms with Crippen LogP contribution in [0.25, 0.3) is 0 Å². The molecule has 136 valence electrons. The van der Waals surface area contributed by atoms with Gasteiger partial charge in [0.25, 0.3) is 0 Å². The summed E-state index contributed by atoms with van der Waals surface area (Å²) in [6.07, 6.45) is 0. The number of carbonyl (C=O) groups excluding carboxylic acids is 1. The minimum atomic E-state index is -0.404. The van der Waals surface area contributed by atoms with E-state index in [0.29, 0.717) is 11.3 Å². The highest BCUT2D eigenvalue weighted by molar-refractivity contribution is 7.97. The van der Waals surface area contributed by atoms with Crippen LogP contribution in [0, 0.1) is 13.8 Å². The molecule has 0 N–H and O–H groups in total. The molecule has 0 bridgehead atoms. The van der Waals surface area contributed by atoms with Gasteiger partial charge in [0.1, 0.15) is 5.75 Å². The number of carbonyl (C=O) groups is 1. The monoisotopic (exact) mass is 375 g/mol. The van der Waals surface area contributed by atoms with E-state index < -0.39 is 5.97 Å². The maximum atomic E-state index is 11.7. The van der Waals surface area contributed by atoms with Crippen LogP contribution in [0.1, 0.15) is 18.1 Å². The Morgan fingerprint density at radius 2 is 1.11 bits per heavy atom. The zero-order chi connectivity index (χ0) is 19.4. The lowest BCUT2D eigenvalue weighted by Gasteiger charge is -2.10. The van der Waals surface area contributed by atoms with Gasteiger partial charge in [-0.25, -0.2) is 4.79 Å². The lowest BCUT2D eigenvalue weighted by Crippen LogP contribution is -2.09. The van der Waals surface area contributed by atoms with Crippen molar-refractivity contribution >= 4 is 16.9 Å². The molecule has 0 amide bonds. The van der Waals surface area contributed by atoms with E-state index in [-0.39, 0.29) is 10.9 Å². The Morgan fingerprint density at radius 3 is 1.48 bits per heavy atom. The van der Waals surface area contributed by atoms with Crippen molar-refractivity contribution in [2.24, 2.45) is 0 Å². The van der Waals surface area contributed by atoms with Crippen LogP contribution < -0.4 is 4.74 Å². The second-order valence-electron chi connectivity index (χ2n) is 6.57.